The number of carboxylic acids is 1. The number of carbonyl (C=O) groups excluding carboxylic acids is 1. The topological polar surface area (TPSA) is 66.8 Å². The zero-order chi connectivity index (χ0) is 12.8. The highest BCUT2D eigenvalue weighted by atomic mass is 16.5. The summed E-state index contributed by atoms with van der Waals surface area (Å²) >= 11 is 0. The molecule has 0 aliphatic heterocycles. The van der Waals surface area contributed by atoms with Gasteiger partial charge in [-0.15, -0.1) is 0 Å². The summed E-state index contributed by atoms with van der Waals surface area (Å²) in [6.45, 7) is 7.55. The van der Waals surface area contributed by atoms with Gasteiger partial charge < -0.3 is 14.7 Å². The van der Waals surface area contributed by atoms with Crippen LogP contribution in [-0.4, -0.2) is 47.2 Å². The first-order chi connectivity index (χ1) is 7.26. The molecule has 0 rings (SSSR count). The second-order valence-corrected chi connectivity index (χ2v) is 4.61. The van der Waals surface area contributed by atoms with Crippen LogP contribution in [0.3, 0.4) is 0 Å². The first-order valence-corrected chi connectivity index (χ1v) is 5.39. The van der Waals surface area contributed by atoms with Gasteiger partial charge in [-0.25, -0.2) is 0 Å². The largest absolute Gasteiger partial charge is 0.480 e. The Balaban J connectivity index is 4.22. The molecular formula is C11H21NO4. The highest BCUT2D eigenvalue weighted by Gasteiger charge is 2.19. The summed E-state index contributed by atoms with van der Waals surface area (Å²) in [5.74, 6) is -1.28. The van der Waals surface area contributed by atoms with Crippen LogP contribution in [0.15, 0.2) is 0 Å². The van der Waals surface area contributed by atoms with Gasteiger partial charge in [-0.1, -0.05) is 6.92 Å². The van der Waals surface area contributed by atoms with Gasteiger partial charge >= 0.3 is 5.97 Å². The fraction of sp³-hybridized carbons (Fsp3) is 0.818. The van der Waals surface area contributed by atoms with Gasteiger partial charge in [0.1, 0.15) is 13.2 Å². The van der Waals surface area contributed by atoms with Gasteiger partial charge in [-0.2, -0.15) is 0 Å². The average molecular weight is 231 g/mol. The molecular weight excluding hydrogens is 210 g/mol. The van der Waals surface area contributed by atoms with Gasteiger partial charge in [0.2, 0.25) is 5.91 Å². The Kier molecular flexibility index (Phi) is 6.03. The Morgan fingerprint density at radius 2 is 1.88 bits per heavy atom. The minimum atomic E-state index is -1.00. The lowest BCUT2D eigenvalue weighted by molar-refractivity contribution is -0.148. The van der Waals surface area contributed by atoms with E-state index in [-0.39, 0.29) is 19.1 Å². The molecule has 0 atom stereocenters. The summed E-state index contributed by atoms with van der Waals surface area (Å²) < 4.78 is 5.32. The van der Waals surface area contributed by atoms with E-state index in [9.17, 15) is 9.59 Å². The van der Waals surface area contributed by atoms with E-state index in [2.05, 4.69) is 0 Å². The lowest BCUT2D eigenvalue weighted by Gasteiger charge is -2.24. The van der Waals surface area contributed by atoms with Crippen LogP contribution in [0, 0.1) is 0 Å². The van der Waals surface area contributed by atoms with Crippen LogP contribution in [-0.2, 0) is 14.3 Å². The Morgan fingerprint density at radius 3 is 2.25 bits per heavy atom. The van der Waals surface area contributed by atoms with Crippen molar-refractivity contribution < 1.29 is 19.4 Å². The quantitative estimate of drug-likeness (QED) is 0.744. The van der Waals surface area contributed by atoms with E-state index in [1.165, 1.54) is 4.90 Å². The molecule has 1 amide bonds. The van der Waals surface area contributed by atoms with Crippen LogP contribution in [0.2, 0.25) is 0 Å². The molecule has 0 unspecified atom stereocenters. The molecule has 94 valence electrons. The Bertz CT molecular complexity index is 245. The molecule has 0 aromatic carbocycles. The third-order valence-electron chi connectivity index (χ3n) is 1.80. The Hall–Kier alpha value is -1.10. The van der Waals surface area contributed by atoms with Crippen molar-refractivity contribution in [2.45, 2.75) is 39.7 Å². The van der Waals surface area contributed by atoms with Crippen LogP contribution < -0.4 is 0 Å². The van der Waals surface area contributed by atoms with Gasteiger partial charge in [0.15, 0.2) is 0 Å². The monoisotopic (exact) mass is 231 g/mol. The van der Waals surface area contributed by atoms with E-state index in [0.29, 0.717) is 6.54 Å². The smallest absolute Gasteiger partial charge is 0.323 e. The maximum absolute atomic E-state index is 11.7. The molecule has 5 heteroatoms. The third-order valence-corrected chi connectivity index (χ3v) is 1.80. The molecule has 0 saturated heterocycles. The number of aliphatic carboxylic acids is 1. The molecule has 0 aliphatic rings. The predicted molar refractivity (Wildman–Crippen MR) is 60.2 cm³/mol. The maximum Gasteiger partial charge on any atom is 0.323 e. The number of hydrogen-bond donors (Lipinski definition) is 1. The molecule has 16 heavy (non-hydrogen) atoms. The van der Waals surface area contributed by atoms with Crippen molar-refractivity contribution in [3.63, 3.8) is 0 Å². The van der Waals surface area contributed by atoms with Crippen molar-refractivity contribution in [3.05, 3.63) is 0 Å². The van der Waals surface area contributed by atoms with Gasteiger partial charge in [-0.3, -0.25) is 9.59 Å². The van der Waals surface area contributed by atoms with Crippen LogP contribution in [0.5, 0.6) is 0 Å². The van der Waals surface area contributed by atoms with Crippen LogP contribution >= 0.6 is 0 Å². The van der Waals surface area contributed by atoms with Crippen molar-refractivity contribution in [1.82, 2.24) is 4.90 Å². The molecule has 0 radical (unpaired) electrons. The molecule has 0 spiro atoms. The molecule has 0 fully saturated rings. The van der Waals surface area contributed by atoms with Gasteiger partial charge in [0.25, 0.3) is 0 Å². The van der Waals surface area contributed by atoms with Crippen molar-refractivity contribution in [2.24, 2.45) is 0 Å². The summed E-state index contributed by atoms with van der Waals surface area (Å²) in [7, 11) is 0. The highest BCUT2D eigenvalue weighted by Crippen LogP contribution is 2.07. The average Bonchev–Trinajstić information content (AvgIpc) is 2.11. The number of amides is 1. The van der Waals surface area contributed by atoms with E-state index in [4.69, 9.17) is 9.84 Å². The fourth-order valence-electron chi connectivity index (χ4n) is 1.09. The SMILES string of the molecule is CCCN(CC(=O)O)C(=O)COC(C)(C)C. The molecule has 5 nitrogen and oxygen atoms in total. The molecule has 0 aromatic heterocycles. The van der Waals surface area contributed by atoms with Crippen LogP contribution in [0.25, 0.3) is 0 Å². The van der Waals surface area contributed by atoms with Crippen molar-refractivity contribution in [1.29, 1.82) is 0 Å². The zero-order valence-electron chi connectivity index (χ0n) is 10.4. The molecule has 0 aromatic rings. The number of rotatable bonds is 6. The summed E-state index contributed by atoms with van der Waals surface area (Å²) in [5.41, 5.74) is -0.392. The van der Waals surface area contributed by atoms with Crippen LogP contribution in [0.1, 0.15) is 34.1 Å². The molecule has 1 N–H and O–H groups in total. The summed E-state index contributed by atoms with van der Waals surface area (Å²) in [6.07, 6.45) is 0.731. The number of nitrogens with zero attached hydrogens (tertiary/aromatic N) is 1. The predicted octanol–water partition coefficient (Wildman–Crippen LogP) is 1.12. The summed E-state index contributed by atoms with van der Waals surface area (Å²) in [5, 5.41) is 8.65. The number of hydrogen-bond acceptors (Lipinski definition) is 3. The maximum atomic E-state index is 11.7. The van der Waals surface area contributed by atoms with Gasteiger partial charge in [0.05, 0.1) is 5.60 Å². The molecule has 0 aliphatic carbocycles. The first-order valence-electron chi connectivity index (χ1n) is 5.39. The Labute approximate surface area is 96.4 Å². The van der Waals surface area contributed by atoms with E-state index in [0.717, 1.165) is 6.42 Å². The zero-order valence-corrected chi connectivity index (χ0v) is 10.4. The molecule has 0 saturated carbocycles. The van der Waals surface area contributed by atoms with Gasteiger partial charge in [-0.05, 0) is 27.2 Å². The second-order valence-electron chi connectivity index (χ2n) is 4.61. The van der Waals surface area contributed by atoms with E-state index in [1.54, 1.807) is 0 Å². The lowest BCUT2D eigenvalue weighted by atomic mass is 10.2. The summed E-state index contributed by atoms with van der Waals surface area (Å²) in [6, 6.07) is 0. The normalized spacial score (nSPS) is 11.2. The molecule has 0 heterocycles. The number of ether oxygens (including phenoxy) is 1. The highest BCUT2D eigenvalue weighted by molar-refractivity contribution is 5.82. The fourth-order valence-corrected chi connectivity index (χ4v) is 1.09. The van der Waals surface area contributed by atoms with E-state index >= 15 is 0 Å². The van der Waals surface area contributed by atoms with Crippen molar-refractivity contribution in [3.8, 4) is 0 Å². The molecule has 0 bridgehead atoms. The minimum Gasteiger partial charge on any atom is -0.480 e. The van der Waals surface area contributed by atoms with E-state index < -0.39 is 11.6 Å². The second kappa shape index (κ2) is 6.48. The van der Waals surface area contributed by atoms with E-state index in [1.807, 2.05) is 27.7 Å². The summed E-state index contributed by atoms with van der Waals surface area (Å²) in [4.78, 5) is 23.5. The number of carboxylic acid groups (broad SMARTS) is 1. The minimum absolute atomic E-state index is 0.0726. The first kappa shape index (κ1) is 14.9. The standard InChI is InChI=1S/C11H21NO4/c1-5-6-12(7-10(14)15)9(13)8-16-11(2,3)4/h5-8H2,1-4H3,(H,14,15). The lowest BCUT2D eigenvalue weighted by Crippen LogP contribution is -2.40. The van der Waals surface area contributed by atoms with Crippen molar-refractivity contribution in [2.75, 3.05) is 19.7 Å². The Morgan fingerprint density at radius 1 is 1.31 bits per heavy atom. The van der Waals surface area contributed by atoms with Crippen LogP contribution in [0.4, 0.5) is 0 Å². The van der Waals surface area contributed by atoms with Crippen molar-refractivity contribution >= 4 is 11.9 Å². The van der Waals surface area contributed by atoms with Gasteiger partial charge in [0, 0.05) is 6.54 Å². The number of carbonyl (C=O) groups is 2. The third kappa shape index (κ3) is 7.23.